The molecule has 2 heterocycles. The molecule has 0 bridgehead atoms. The third-order valence-corrected chi connectivity index (χ3v) is 3.70. The number of ether oxygens (including phenoxy) is 1. The van der Waals surface area contributed by atoms with Gasteiger partial charge >= 0.3 is 5.97 Å². The zero-order valence-electron chi connectivity index (χ0n) is 11.1. The molecular weight excluding hydrogens is 258 g/mol. The molecular formula is C14H15N3O3. The van der Waals surface area contributed by atoms with Crippen LogP contribution in [0.1, 0.15) is 16.8 Å². The van der Waals surface area contributed by atoms with Crippen LogP contribution in [0, 0.1) is 5.92 Å². The summed E-state index contributed by atoms with van der Waals surface area (Å²) in [6.07, 6.45) is 2.37. The quantitative estimate of drug-likeness (QED) is 0.834. The van der Waals surface area contributed by atoms with E-state index >= 15 is 0 Å². The number of carbonyl (C=O) groups excluding carboxylic acids is 2. The van der Waals surface area contributed by atoms with Gasteiger partial charge in [0.15, 0.2) is 0 Å². The Hall–Kier alpha value is -2.37. The van der Waals surface area contributed by atoms with Gasteiger partial charge in [0.2, 0.25) is 0 Å². The summed E-state index contributed by atoms with van der Waals surface area (Å²) >= 11 is 0. The number of carbonyl (C=O) groups is 2. The highest BCUT2D eigenvalue weighted by molar-refractivity contribution is 5.98. The number of benzene rings is 1. The van der Waals surface area contributed by atoms with Crippen molar-refractivity contribution >= 4 is 22.8 Å². The highest BCUT2D eigenvalue weighted by atomic mass is 16.5. The minimum Gasteiger partial charge on any atom is -0.469 e. The first-order valence-corrected chi connectivity index (χ1v) is 6.49. The Kier molecular flexibility index (Phi) is 3.14. The SMILES string of the molecule is COC(=O)C1CCN(C(=O)c2ccc3cn[nH]c3c2)C1. The first-order chi connectivity index (χ1) is 9.69. The Labute approximate surface area is 115 Å². The number of likely N-dealkylation sites (tertiary alicyclic amines) is 1. The number of hydrogen-bond acceptors (Lipinski definition) is 4. The van der Waals surface area contributed by atoms with E-state index in [4.69, 9.17) is 4.74 Å². The molecule has 1 aromatic carbocycles. The molecule has 2 aromatic rings. The predicted molar refractivity (Wildman–Crippen MR) is 72.1 cm³/mol. The van der Waals surface area contributed by atoms with Crippen LogP contribution in [0.3, 0.4) is 0 Å². The van der Waals surface area contributed by atoms with Crippen molar-refractivity contribution in [3.63, 3.8) is 0 Å². The van der Waals surface area contributed by atoms with Crippen molar-refractivity contribution in [1.82, 2.24) is 15.1 Å². The van der Waals surface area contributed by atoms with Crippen LogP contribution in [0.25, 0.3) is 10.9 Å². The lowest BCUT2D eigenvalue weighted by Gasteiger charge is -2.16. The minimum absolute atomic E-state index is 0.0621. The van der Waals surface area contributed by atoms with Crippen LogP contribution >= 0.6 is 0 Å². The molecule has 1 saturated heterocycles. The monoisotopic (exact) mass is 273 g/mol. The molecule has 20 heavy (non-hydrogen) atoms. The number of aromatic amines is 1. The van der Waals surface area contributed by atoms with Crippen LogP contribution in [-0.2, 0) is 9.53 Å². The van der Waals surface area contributed by atoms with Gasteiger partial charge in [-0.3, -0.25) is 14.7 Å². The molecule has 0 saturated carbocycles. The Balaban J connectivity index is 1.77. The van der Waals surface area contributed by atoms with Crippen LogP contribution in [0.4, 0.5) is 0 Å². The van der Waals surface area contributed by atoms with Crippen molar-refractivity contribution in [2.75, 3.05) is 20.2 Å². The smallest absolute Gasteiger partial charge is 0.310 e. The van der Waals surface area contributed by atoms with Crippen molar-refractivity contribution in [3.8, 4) is 0 Å². The topological polar surface area (TPSA) is 75.3 Å². The number of esters is 1. The summed E-state index contributed by atoms with van der Waals surface area (Å²) in [7, 11) is 1.37. The highest BCUT2D eigenvalue weighted by Gasteiger charge is 2.32. The number of nitrogens with zero attached hydrogens (tertiary/aromatic N) is 2. The molecule has 6 heteroatoms. The summed E-state index contributed by atoms with van der Waals surface area (Å²) in [6, 6.07) is 5.43. The third kappa shape index (κ3) is 2.13. The first-order valence-electron chi connectivity index (χ1n) is 6.49. The lowest BCUT2D eigenvalue weighted by atomic mass is 10.1. The molecule has 1 aliphatic rings. The van der Waals surface area contributed by atoms with Crippen molar-refractivity contribution in [2.24, 2.45) is 5.92 Å². The molecule has 1 amide bonds. The maximum absolute atomic E-state index is 12.4. The number of nitrogens with one attached hydrogen (secondary N) is 1. The molecule has 1 aliphatic heterocycles. The van der Waals surface area contributed by atoms with Crippen LogP contribution in [0.5, 0.6) is 0 Å². The van der Waals surface area contributed by atoms with Crippen LogP contribution in [0.2, 0.25) is 0 Å². The van der Waals surface area contributed by atoms with Crippen molar-refractivity contribution < 1.29 is 14.3 Å². The Bertz CT molecular complexity index is 664. The van der Waals surface area contributed by atoms with Gasteiger partial charge in [0.05, 0.1) is 24.7 Å². The van der Waals surface area contributed by atoms with E-state index in [0.29, 0.717) is 25.1 Å². The van der Waals surface area contributed by atoms with E-state index in [1.165, 1.54) is 7.11 Å². The predicted octanol–water partition coefficient (Wildman–Crippen LogP) is 1.20. The zero-order valence-corrected chi connectivity index (χ0v) is 11.1. The molecule has 6 nitrogen and oxygen atoms in total. The summed E-state index contributed by atoms with van der Waals surface area (Å²) in [5.41, 5.74) is 1.44. The molecule has 1 unspecified atom stereocenters. The van der Waals surface area contributed by atoms with E-state index in [1.54, 1.807) is 23.2 Å². The van der Waals surface area contributed by atoms with E-state index in [9.17, 15) is 9.59 Å². The fourth-order valence-corrected chi connectivity index (χ4v) is 2.56. The lowest BCUT2D eigenvalue weighted by molar-refractivity contribution is -0.144. The first kappa shape index (κ1) is 12.7. The van der Waals surface area contributed by atoms with Gasteiger partial charge in [-0.15, -0.1) is 0 Å². The number of methoxy groups -OCH3 is 1. The largest absolute Gasteiger partial charge is 0.469 e. The average Bonchev–Trinajstić information content (AvgIpc) is 3.13. The summed E-state index contributed by atoms with van der Waals surface area (Å²) < 4.78 is 4.72. The lowest BCUT2D eigenvalue weighted by Crippen LogP contribution is -2.30. The normalized spacial score (nSPS) is 18.4. The minimum atomic E-state index is -0.246. The molecule has 1 fully saturated rings. The molecule has 3 rings (SSSR count). The molecule has 1 aromatic heterocycles. The van der Waals surface area contributed by atoms with Crippen LogP contribution in [0.15, 0.2) is 24.4 Å². The van der Waals surface area contributed by atoms with Gasteiger partial charge in [-0.2, -0.15) is 5.10 Å². The molecule has 1 atom stereocenters. The van der Waals surface area contributed by atoms with Crippen LogP contribution < -0.4 is 0 Å². The Morgan fingerprint density at radius 1 is 1.45 bits per heavy atom. The third-order valence-electron chi connectivity index (χ3n) is 3.70. The van der Waals surface area contributed by atoms with E-state index < -0.39 is 0 Å². The molecule has 0 aliphatic carbocycles. The zero-order chi connectivity index (χ0) is 14.1. The summed E-state index contributed by atoms with van der Waals surface area (Å²) in [5, 5.41) is 7.75. The molecule has 0 radical (unpaired) electrons. The second-order valence-corrected chi connectivity index (χ2v) is 4.93. The Morgan fingerprint density at radius 2 is 2.30 bits per heavy atom. The van der Waals surface area contributed by atoms with Gasteiger partial charge in [0.25, 0.3) is 5.91 Å². The van der Waals surface area contributed by atoms with Gasteiger partial charge in [-0.05, 0) is 18.6 Å². The molecule has 1 N–H and O–H groups in total. The standard InChI is InChI=1S/C14H15N3O3/c1-20-14(19)11-4-5-17(8-11)13(18)9-2-3-10-7-15-16-12(10)6-9/h2-3,6-7,11H,4-5,8H2,1H3,(H,15,16). The number of amides is 1. The summed E-state index contributed by atoms with van der Waals surface area (Å²) in [4.78, 5) is 25.6. The second kappa shape index (κ2) is 4.96. The van der Waals surface area contributed by atoms with Gasteiger partial charge in [-0.25, -0.2) is 0 Å². The highest BCUT2D eigenvalue weighted by Crippen LogP contribution is 2.21. The van der Waals surface area contributed by atoms with Gasteiger partial charge in [-0.1, -0.05) is 6.07 Å². The summed E-state index contributed by atoms with van der Waals surface area (Å²) in [5.74, 6) is -0.517. The average molecular weight is 273 g/mol. The van der Waals surface area contributed by atoms with Crippen molar-refractivity contribution in [3.05, 3.63) is 30.0 Å². The van der Waals surface area contributed by atoms with E-state index in [2.05, 4.69) is 10.2 Å². The van der Waals surface area contributed by atoms with E-state index in [1.807, 2.05) is 6.07 Å². The number of hydrogen-bond donors (Lipinski definition) is 1. The fourth-order valence-electron chi connectivity index (χ4n) is 2.56. The number of fused-ring (bicyclic) bond motifs is 1. The molecule has 104 valence electrons. The number of aromatic nitrogens is 2. The van der Waals surface area contributed by atoms with E-state index in [-0.39, 0.29) is 17.8 Å². The maximum Gasteiger partial charge on any atom is 0.310 e. The van der Waals surface area contributed by atoms with Gasteiger partial charge in [0, 0.05) is 24.0 Å². The van der Waals surface area contributed by atoms with Crippen molar-refractivity contribution in [1.29, 1.82) is 0 Å². The maximum atomic E-state index is 12.4. The molecule has 0 spiro atoms. The summed E-state index contributed by atoms with van der Waals surface area (Å²) in [6.45, 7) is 1.01. The van der Waals surface area contributed by atoms with Gasteiger partial charge < -0.3 is 9.64 Å². The van der Waals surface area contributed by atoms with Crippen molar-refractivity contribution in [2.45, 2.75) is 6.42 Å². The fraction of sp³-hybridized carbons (Fsp3) is 0.357. The number of H-pyrrole nitrogens is 1. The Morgan fingerprint density at radius 3 is 3.10 bits per heavy atom. The second-order valence-electron chi connectivity index (χ2n) is 4.93. The number of rotatable bonds is 2. The van der Waals surface area contributed by atoms with Gasteiger partial charge in [0.1, 0.15) is 0 Å². The van der Waals surface area contributed by atoms with E-state index in [0.717, 1.165) is 10.9 Å². The van der Waals surface area contributed by atoms with Crippen LogP contribution in [-0.4, -0.2) is 47.2 Å².